The molecule has 1 aromatic carbocycles. The number of thiophene rings is 1. The van der Waals surface area contributed by atoms with Crippen molar-refractivity contribution in [2.75, 3.05) is 11.9 Å². The quantitative estimate of drug-likeness (QED) is 0.660. The van der Waals surface area contributed by atoms with Gasteiger partial charge in [-0.15, -0.1) is 22.7 Å². The Balaban J connectivity index is 1.56. The molecule has 1 amide bonds. The summed E-state index contributed by atoms with van der Waals surface area (Å²) in [6.07, 6.45) is 1.13. The zero-order chi connectivity index (χ0) is 19.2. The Labute approximate surface area is 169 Å². The highest BCUT2D eigenvalue weighted by molar-refractivity contribution is 7.91. The Hall–Kier alpha value is -1.52. The van der Waals surface area contributed by atoms with Gasteiger partial charge < -0.3 is 5.32 Å². The van der Waals surface area contributed by atoms with Gasteiger partial charge >= 0.3 is 0 Å². The lowest BCUT2D eigenvalue weighted by atomic mass is 10.2. The van der Waals surface area contributed by atoms with Crippen molar-refractivity contribution in [1.29, 1.82) is 0 Å². The molecular formula is C17H16ClN3O3S3. The van der Waals surface area contributed by atoms with Crippen LogP contribution in [-0.4, -0.2) is 36.2 Å². The van der Waals surface area contributed by atoms with Crippen LogP contribution in [0.2, 0.25) is 4.34 Å². The van der Waals surface area contributed by atoms with Gasteiger partial charge in [-0.25, -0.2) is 13.4 Å². The second-order valence-corrected chi connectivity index (χ2v) is 11.3. The molecule has 0 radical (unpaired) electrons. The maximum Gasteiger partial charge on any atom is 0.253 e. The Morgan fingerprint density at radius 1 is 1.30 bits per heavy atom. The minimum atomic E-state index is -3.74. The van der Waals surface area contributed by atoms with Crippen LogP contribution >= 0.6 is 34.3 Å². The van der Waals surface area contributed by atoms with Crippen molar-refractivity contribution in [2.24, 2.45) is 0 Å². The first-order valence-electron chi connectivity index (χ1n) is 8.30. The summed E-state index contributed by atoms with van der Waals surface area (Å²) in [5, 5.41) is 3.80. The first kappa shape index (κ1) is 18.8. The molecule has 4 rings (SSSR count). The molecule has 0 bridgehead atoms. The van der Waals surface area contributed by atoms with Crippen molar-refractivity contribution < 1.29 is 13.2 Å². The Bertz CT molecular complexity index is 1120. The van der Waals surface area contributed by atoms with E-state index in [-0.39, 0.29) is 10.1 Å². The van der Waals surface area contributed by atoms with Crippen molar-refractivity contribution in [3.8, 4) is 0 Å². The standard InChI is InChI=1S/C17H16ClN3O3S3/c1-10-19-12-9-11(4-5-14(12)25-10)20-17(22)13-3-2-8-21(13)27(23,24)16-7-6-15(18)26-16/h4-7,9,13H,2-3,8H2,1H3,(H,20,22)/t13-/m0/s1. The van der Waals surface area contributed by atoms with Gasteiger partial charge in [-0.2, -0.15) is 4.31 Å². The number of rotatable bonds is 4. The van der Waals surface area contributed by atoms with Crippen molar-refractivity contribution in [2.45, 2.75) is 30.0 Å². The van der Waals surface area contributed by atoms with Gasteiger partial charge in [-0.1, -0.05) is 11.6 Å². The average molecular weight is 442 g/mol. The molecular weight excluding hydrogens is 426 g/mol. The average Bonchev–Trinajstić information content (AvgIpc) is 3.32. The summed E-state index contributed by atoms with van der Waals surface area (Å²) in [7, 11) is -3.74. The van der Waals surface area contributed by atoms with Gasteiger partial charge in [0.05, 0.1) is 19.6 Å². The third kappa shape index (κ3) is 3.62. The predicted octanol–water partition coefficient (Wildman–Crippen LogP) is 4.11. The molecule has 10 heteroatoms. The summed E-state index contributed by atoms with van der Waals surface area (Å²) in [5.74, 6) is -0.329. The number of nitrogens with one attached hydrogen (secondary N) is 1. The van der Waals surface area contributed by atoms with Gasteiger partial charge in [-0.05, 0) is 50.1 Å². The van der Waals surface area contributed by atoms with E-state index in [1.54, 1.807) is 17.4 Å². The molecule has 6 nitrogen and oxygen atoms in total. The van der Waals surface area contributed by atoms with E-state index in [0.29, 0.717) is 29.4 Å². The van der Waals surface area contributed by atoms with E-state index in [1.807, 2.05) is 25.1 Å². The molecule has 27 heavy (non-hydrogen) atoms. The van der Waals surface area contributed by atoms with E-state index in [4.69, 9.17) is 11.6 Å². The zero-order valence-corrected chi connectivity index (χ0v) is 17.5. The highest BCUT2D eigenvalue weighted by Gasteiger charge is 2.40. The number of halogens is 1. The Kier molecular flexibility index (Phi) is 4.98. The molecule has 1 atom stereocenters. The van der Waals surface area contributed by atoms with E-state index in [0.717, 1.165) is 26.6 Å². The second kappa shape index (κ2) is 7.14. The lowest BCUT2D eigenvalue weighted by Crippen LogP contribution is -2.42. The van der Waals surface area contributed by atoms with Crippen molar-refractivity contribution in [3.63, 3.8) is 0 Å². The number of hydrogen-bond donors (Lipinski definition) is 1. The van der Waals surface area contributed by atoms with Gasteiger partial charge in [0.25, 0.3) is 10.0 Å². The largest absolute Gasteiger partial charge is 0.325 e. The molecule has 1 saturated heterocycles. The number of carbonyl (C=O) groups excluding carboxylic acids is 1. The van der Waals surface area contributed by atoms with Crippen LogP contribution < -0.4 is 5.32 Å². The number of benzene rings is 1. The summed E-state index contributed by atoms with van der Waals surface area (Å²) in [5.41, 5.74) is 1.43. The number of amides is 1. The predicted molar refractivity (Wildman–Crippen MR) is 109 cm³/mol. The van der Waals surface area contributed by atoms with E-state index < -0.39 is 16.1 Å². The molecule has 1 N–H and O–H groups in total. The number of anilines is 1. The third-order valence-corrected chi connectivity index (χ3v) is 8.94. The highest BCUT2D eigenvalue weighted by Crippen LogP contribution is 2.33. The van der Waals surface area contributed by atoms with E-state index in [1.165, 1.54) is 10.4 Å². The minimum absolute atomic E-state index is 0.159. The van der Waals surface area contributed by atoms with Gasteiger partial charge in [0, 0.05) is 12.2 Å². The normalized spacial score (nSPS) is 18.2. The lowest BCUT2D eigenvalue weighted by molar-refractivity contribution is -0.119. The molecule has 0 spiro atoms. The molecule has 0 saturated carbocycles. The Morgan fingerprint density at radius 2 is 2.11 bits per heavy atom. The number of thiazole rings is 1. The molecule has 142 valence electrons. The second-order valence-electron chi connectivity index (χ2n) is 6.24. The maximum absolute atomic E-state index is 12.9. The lowest BCUT2D eigenvalue weighted by Gasteiger charge is -2.22. The number of aromatic nitrogens is 1. The number of aryl methyl sites for hydroxylation is 1. The first-order chi connectivity index (χ1) is 12.8. The minimum Gasteiger partial charge on any atom is -0.325 e. The fraction of sp³-hybridized carbons (Fsp3) is 0.294. The van der Waals surface area contributed by atoms with Crippen LogP contribution in [0.15, 0.2) is 34.5 Å². The van der Waals surface area contributed by atoms with Crippen molar-refractivity contribution >= 4 is 66.1 Å². The number of sulfonamides is 1. The van der Waals surface area contributed by atoms with Crippen LogP contribution in [0.3, 0.4) is 0 Å². The molecule has 3 heterocycles. The van der Waals surface area contributed by atoms with Crippen LogP contribution in [0.1, 0.15) is 17.8 Å². The molecule has 1 aliphatic heterocycles. The molecule has 0 unspecified atom stereocenters. The number of fused-ring (bicyclic) bond motifs is 1. The van der Waals surface area contributed by atoms with E-state index >= 15 is 0 Å². The maximum atomic E-state index is 12.9. The Morgan fingerprint density at radius 3 is 2.85 bits per heavy atom. The summed E-state index contributed by atoms with van der Waals surface area (Å²) in [4.78, 5) is 17.2. The van der Waals surface area contributed by atoms with E-state index in [9.17, 15) is 13.2 Å². The highest BCUT2D eigenvalue weighted by atomic mass is 35.5. The fourth-order valence-corrected chi connectivity index (χ4v) is 7.26. The van der Waals surface area contributed by atoms with Gasteiger partial charge in [0.2, 0.25) is 5.91 Å². The van der Waals surface area contributed by atoms with Gasteiger partial charge in [0.15, 0.2) is 0 Å². The summed E-state index contributed by atoms with van der Waals surface area (Å²) in [6.45, 7) is 2.25. The molecule has 3 aromatic rings. The zero-order valence-electron chi connectivity index (χ0n) is 14.3. The van der Waals surface area contributed by atoms with Crippen LogP contribution in [0, 0.1) is 6.92 Å². The monoisotopic (exact) mass is 441 g/mol. The smallest absolute Gasteiger partial charge is 0.253 e. The topological polar surface area (TPSA) is 79.4 Å². The number of carbonyl (C=O) groups is 1. The first-order valence-corrected chi connectivity index (χ1v) is 11.7. The fourth-order valence-electron chi connectivity index (χ4n) is 3.19. The summed E-state index contributed by atoms with van der Waals surface area (Å²) >= 11 is 8.47. The SMILES string of the molecule is Cc1nc2cc(NC(=O)[C@@H]3CCCN3S(=O)(=O)c3ccc(Cl)s3)ccc2s1. The molecule has 1 fully saturated rings. The van der Waals surface area contributed by atoms with Crippen LogP contribution in [-0.2, 0) is 14.8 Å². The van der Waals surface area contributed by atoms with Crippen LogP contribution in [0.4, 0.5) is 5.69 Å². The van der Waals surface area contributed by atoms with Gasteiger partial charge in [0.1, 0.15) is 10.3 Å². The molecule has 1 aliphatic rings. The van der Waals surface area contributed by atoms with Crippen molar-refractivity contribution in [3.05, 3.63) is 39.7 Å². The molecule has 0 aliphatic carbocycles. The van der Waals surface area contributed by atoms with Gasteiger partial charge in [-0.3, -0.25) is 4.79 Å². The molecule has 2 aromatic heterocycles. The number of nitrogens with zero attached hydrogens (tertiary/aromatic N) is 2. The summed E-state index contributed by atoms with van der Waals surface area (Å²) in [6, 6.07) is 7.83. The number of hydrogen-bond acceptors (Lipinski definition) is 6. The van der Waals surface area contributed by atoms with Crippen LogP contribution in [0.25, 0.3) is 10.2 Å². The van der Waals surface area contributed by atoms with Crippen LogP contribution in [0.5, 0.6) is 0 Å². The summed E-state index contributed by atoms with van der Waals surface area (Å²) < 4.78 is 28.6. The van der Waals surface area contributed by atoms with Crippen molar-refractivity contribution in [1.82, 2.24) is 9.29 Å². The third-order valence-electron chi connectivity index (χ3n) is 4.38. The van der Waals surface area contributed by atoms with E-state index in [2.05, 4.69) is 10.3 Å².